The average Bonchev–Trinajstić information content (AvgIpc) is 2.45. The van der Waals surface area contributed by atoms with Gasteiger partial charge < -0.3 is 0 Å². The van der Waals surface area contributed by atoms with Gasteiger partial charge in [-0.3, -0.25) is 4.90 Å². The maximum absolute atomic E-state index is 4.27. The van der Waals surface area contributed by atoms with Gasteiger partial charge in [-0.15, -0.1) is 0 Å². The van der Waals surface area contributed by atoms with E-state index in [1.165, 1.54) is 11.3 Å². The van der Waals surface area contributed by atoms with E-state index in [1.54, 1.807) is 6.33 Å². The van der Waals surface area contributed by atoms with Crippen LogP contribution in [-0.4, -0.2) is 20.4 Å². The number of nitrogens with zero attached hydrogens (tertiary/aromatic N) is 3. The van der Waals surface area contributed by atoms with Crippen LogP contribution in [0.5, 0.6) is 0 Å². The average molecular weight is 177 g/mol. The van der Waals surface area contributed by atoms with Crippen molar-refractivity contribution in [1.82, 2.24) is 14.9 Å². The molecule has 2 rings (SSSR count). The zero-order chi connectivity index (χ0) is 9.47. The SMILES string of the molecule is CC(C)(C)N1Cc2cncnc2C1. The van der Waals surface area contributed by atoms with Crippen molar-refractivity contribution in [2.45, 2.75) is 39.4 Å². The highest BCUT2D eigenvalue weighted by Crippen LogP contribution is 2.26. The highest BCUT2D eigenvalue weighted by atomic mass is 15.2. The predicted octanol–water partition coefficient (Wildman–Crippen LogP) is 1.59. The van der Waals surface area contributed by atoms with E-state index >= 15 is 0 Å². The van der Waals surface area contributed by atoms with Crippen LogP contribution in [0.15, 0.2) is 12.5 Å². The van der Waals surface area contributed by atoms with Crippen LogP contribution in [0.2, 0.25) is 0 Å². The molecule has 0 aliphatic carbocycles. The summed E-state index contributed by atoms with van der Waals surface area (Å²) in [6, 6.07) is 0. The van der Waals surface area contributed by atoms with Crippen LogP contribution < -0.4 is 0 Å². The second-order valence-corrected chi connectivity index (χ2v) is 4.52. The van der Waals surface area contributed by atoms with Gasteiger partial charge in [0.1, 0.15) is 6.33 Å². The highest BCUT2D eigenvalue weighted by Gasteiger charge is 2.28. The summed E-state index contributed by atoms with van der Waals surface area (Å²) < 4.78 is 0. The molecular weight excluding hydrogens is 162 g/mol. The molecule has 1 aliphatic rings. The van der Waals surface area contributed by atoms with Gasteiger partial charge in [-0.1, -0.05) is 0 Å². The topological polar surface area (TPSA) is 29.0 Å². The zero-order valence-corrected chi connectivity index (χ0v) is 8.41. The van der Waals surface area contributed by atoms with E-state index in [4.69, 9.17) is 0 Å². The molecule has 0 radical (unpaired) electrons. The molecule has 70 valence electrons. The Labute approximate surface area is 78.8 Å². The third-order valence-electron chi connectivity index (χ3n) is 2.53. The molecule has 0 spiro atoms. The van der Waals surface area contributed by atoms with E-state index in [0.717, 1.165) is 13.1 Å². The van der Waals surface area contributed by atoms with Crippen molar-refractivity contribution in [2.24, 2.45) is 0 Å². The first-order chi connectivity index (χ1) is 6.07. The molecule has 0 atom stereocenters. The lowest BCUT2D eigenvalue weighted by Crippen LogP contribution is -2.36. The Hall–Kier alpha value is -0.960. The van der Waals surface area contributed by atoms with Gasteiger partial charge in [-0.2, -0.15) is 0 Å². The number of rotatable bonds is 0. The molecule has 0 bridgehead atoms. The second-order valence-electron chi connectivity index (χ2n) is 4.52. The lowest BCUT2D eigenvalue weighted by atomic mass is 10.1. The lowest BCUT2D eigenvalue weighted by molar-refractivity contribution is 0.135. The third kappa shape index (κ3) is 1.56. The normalized spacial score (nSPS) is 17.5. The van der Waals surface area contributed by atoms with E-state index in [2.05, 4.69) is 35.6 Å². The predicted molar refractivity (Wildman–Crippen MR) is 51.0 cm³/mol. The molecule has 2 heterocycles. The Kier molecular flexibility index (Phi) is 1.84. The van der Waals surface area contributed by atoms with Crippen LogP contribution in [0.1, 0.15) is 32.0 Å². The summed E-state index contributed by atoms with van der Waals surface area (Å²) in [5.74, 6) is 0. The smallest absolute Gasteiger partial charge is 0.115 e. The van der Waals surface area contributed by atoms with E-state index in [0.29, 0.717) is 0 Å². The van der Waals surface area contributed by atoms with Crippen molar-refractivity contribution < 1.29 is 0 Å². The maximum Gasteiger partial charge on any atom is 0.115 e. The van der Waals surface area contributed by atoms with Crippen molar-refractivity contribution in [1.29, 1.82) is 0 Å². The minimum atomic E-state index is 0.223. The van der Waals surface area contributed by atoms with Crippen LogP contribution in [0.25, 0.3) is 0 Å². The van der Waals surface area contributed by atoms with E-state index in [9.17, 15) is 0 Å². The molecule has 0 fully saturated rings. The summed E-state index contributed by atoms with van der Waals surface area (Å²) in [6.07, 6.45) is 3.55. The lowest BCUT2D eigenvalue weighted by Gasteiger charge is -2.30. The highest BCUT2D eigenvalue weighted by molar-refractivity contribution is 5.20. The van der Waals surface area contributed by atoms with Crippen molar-refractivity contribution in [3.05, 3.63) is 23.8 Å². The van der Waals surface area contributed by atoms with Gasteiger partial charge in [0.05, 0.1) is 5.69 Å². The molecule has 0 amide bonds. The number of hydrogen-bond acceptors (Lipinski definition) is 3. The van der Waals surface area contributed by atoms with Gasteiger partial charge >= 0.3 is 0 Å². The Morgan fingerprint density at radius 1 is 1.31 bits per heavy atom. The van der Waals surface area contributed by atoms with Gasteiger partial charge in [0.15, 0.2) is 0 Å². The molecule has 0 aromatic carbocycles. The monoisotopic (exact) mass is 177 g/mol. The van der Waals surface area contributed by atoms with Gasteiger partial charge in [0.25, 0.3) is 0 Å². The minimum Gasteiger partial charge on any atom is -0.288 e. The molecule has 0 saturated carbocycles. The minimum absolute atomic E-state index is 0.223. The first kappa shape index (κ1) is 8.63. The molecule has 13 heavy (non-hydrogen) atoms. The maximum atomic E-state index is 4.27. The molecule has 0 saturated heterocycles. The molecule has 3 nitrogen and oxygen atoms in total. The van der Waals surface area contributed by atoms with Gasteiger partial charge in [-0.25, -0.2) is 9.97 Å². The van der Waals surface area contributed by atoms with Crippen molar-refractivity contribution in [3.63, 3.8) is 0 Å². The quantitative estimate of drug-likeness (QED) is 0.602. The Bertz CT molecular complexity index is 289. The Morgan fingerprint density at radius 2 is 2.08 bits per heavy atom. The fraction of sp³-hybridized carbons (Fsp3) is 0.600. The molecule has 1 aromatic rings. The summed E-state index contributed by atoms with van der Waals surface area (Å²) in [7, 11) is 0. The van der Waals surface area contributed by atoms with Crippen LogP contribution >= 0.6 is 0 Å². The number of fused-ring (bicyclic) bond motifs is 1. The number of hydrogen-bond donors (Lipinski definition) is 0. The second kappa shape index (κ2) is 2.77. The molecule has 1 aromatic heterocycles. The summed E-state index contributed by atoms with van der Waals surface area (Å²) in [6.45, 7) is 8.63. The van der Waals surface area contributed by atoms with Gasteiger partial charge in [0.2, 0.25) is 0 Å². The van der Waals surface area contributed by atoms with Crippen LogP contribution in [0.3, 0.4) is 0 Å². The van der Waals surface area contributed by atoms with Crippen LogP contribution in [0.4, 0.5) is 0 Å². The summed E-state index contributed by atoms with van der Waals surface area (Å²) in [5.41, 5.74) is 2.68. The summed E-state index contributed by atoms with van der Waals surface area (Å²) in [4.78, 5) is 10.7. The fourth-order valence-corrected chi connectivity index (χ4v) is 1.57. The zero-order valence-electron chi connectivity index (χ0n) is 8.41. The fourth-order valence-electron chi connectivity index (χ4n) is 1.57. The third-order valence-corrected chi connectivity index (χ3v) is 2.53. The van der Waals surface area contributed by atoms with E-state index in [1.807, 2.05) is 6.20 Å². The van der Waals surface area contributed by atoms with Crippen LogP contribution in [0, 0.1) is 0 Å². The van der Waals surface area contributed by atoms with E-state index < -0.39 is 0 Å². The molecule has 0 N–H and O–H groups in total. The number of aromatic nitrogens is 2. The molecular formula is C10H15N3. The van der Waals surface area contributed by atoms with E-state index in [-0.39, 0.29) is 5.54 Å². The largest absolute Gasteiger partial charge is 0.288 e. The van der Waals surface area contributed by atoms with Gasteiger partial charge in [-0.05, 0) is 20.8 Å². The summed E-state index contributed by atoms with van der Waals surface area (Å²) in [5, 5.41) is 0. The molecule has 0 unspecified atom stereocenters. The Balaban J connectivity index is 2.23. The van der Waals surface area contributed by atoms with Crippen molar-refractivity contribution >= 4 is 0 Å². The standard InChI is InChI=1S/C10H15N3/c1-10(2,3)13-5-8-4-11-7-12-9(8)6-13/h4,7H,5-6H2,1-3H3. The van der Waals surface area contributed by atoms with Crippen molar-refractivity contribution in [3.8, 4) is 0 Å². The first-order valence-electron chi connectivity index (χ1n) is 4.60. The Morgan fingerprint density at radius 3 is 2.69 bits per heavy atom. The summed E-state index contributed by atoms with van der Waals surface area (Å²) >= 11 is 0. The van der Waals surface area contributed by atoms with Gasteiger partial charge in [0, 0.05) is 30.4 Å². The van der Waals surface area contributed by atoms with Crippen molar-refractivity contribution in [2.75, 3.05) is 0 Å². The molecule has 3 heteroatoms. The van der Waals surface area contributed by atoms with Crippen LogP contribution in [-0.2, 0) is 13.1 Å². The molecule has 1 aliphatic heterocycles. The first-order valence-corrected chi connectivity index (χ1v) is 4.60.